The van der Waals surface area contributed by atoms with Crippen LogP contribution in [0.25, 0.3) is 0 Å². The molecule has 5 nitrogen and oxygen atoms in total. The zero-order valence-electron chi connectivity index (χ0n) is 12.9. The molecule has 2 bridgehead atoms. The highest BCUT2D eigenvalue weighted by Gasteiger charge is 2.47. The third-order valence-electron chi connectivity index (χ3n) is 5.92. The van der Waals surface area contributed by atoms with Gasteiger partial charge in [0.1, 0.15) is 0 Å². The maximum Gasteiger partial charge on any atom is 0.250 e. The number of piperidine rings is 2. The molecule has 0 saturated carbocycles. The van der Waals surface area contributed by atoms with Gasteiger partial charge in [0.2, 0.25) is 0 Å². The van der Waals surface area contributed by atoms with E-state index in [2.05, 4.69) is 11.0 Å². The molecule has 2 saturated heterocycles. The number of aliphatic hydroxyl groups is 2. The molecule has 0 aliphatic carbocycles. The molecule has 0 aromatic carbocycles. The Balaban J connectivity index is 1.72. The van der Waals surface area contributed by atoms with Crippen molar-refractivity contribution in [1.82, 2.24) is 9.47 Å². The van der Waals surface area contributed by atoms with Crippen LogP contribution < -0.4 is 5.56 Å². The molecule has 1 aromatic heterocycles. The fourth-order valence-electron chi connectivity index (χ4n) is 4.96. The van der Waals surface area contributed by atoms with Crippen molar-refractivity contribution in [3.8, 4) is 0 Å². The Bertz CT molecular complexity index is 627. The number of hydrogen-bond donors (Lipinski definition) is 2. The number of aliphatic hydroxyl groups excluding tert-OH is 2. The second-order valence-corrected chi connectivity index (χ2v) is 7.29. The Labute approximate surface area is 130 Å². The average molecular weight is 304 g/mol. The van der Waals surface area contributed by atoms with Crippen LogP contribution in [0.1, 0.15) is 37.8 Å². The zero-order valence-corrected chi connectivity index (χ0v) is 12.9. The van der Waals surface area contributed by atoms with Gasteiger partial charge in [-0.1, -0.05) is 6.07 Å². The standard InChI is InChI=1S/C17H24N2O3/c1-10(20)15-6-13(21)7-16-12-5-11(8-18(15)16)14-3-2-4-17(22)19(14)9-12/h2-4,10-13,15-16,20-21H,5-9H2,1H3/t10-,11+,12+,13-,15-,16+/m0/s1. The van der Waals surface area contributed by atoms with Crippen LogP contribution in [0.15, 0.2) is 23.0 Å². The van der Waals surface area contributed by atoms with E-state index in [1.807, 2.05) is 17.6 Å². The van der Waals surface area contributed by atoms with Gasteiger partial charge in [-0.05, 0) is 38.2 Å². The van der Waals surface area contributed by atoms with E-state index in [4.69, 9.17) is 0 Å². The summed E-state index contributed by atoms with van der Waals surface area (Å²) in [6.45, 7) is 3.45. The second kappa shape index (κ2) is 5.18. The summed E-state index contributed by atoms with van der Waals surface area (Å²) in [5, 5.41) is 20.3. The van der Waals surface area contributed by atoms with Crippen LogP contribution in [0.2, 0.25) is 0 Å². The van der Waals surface area contributed by atoms with Gasteiger partial charge in [-0.15, -0.1) is 0 Å². The molecule has 0 unspecified atom stereocenters. The van der Waals surface area contributed by atoms with E-state index in [9.17, 15) is 15.0 Å². The monoisotopic (exact) mass is 304 g/mol. The van der Waals surface area contributed by atoms with Crippen molar-refractivity contribution >= 4 is 0 Å². The molecule has 4 rings (SSSR count). The van der Waals surface area contributed by atoms with Gasteiger partial charge in [0.05, 0.1) is 12.2 Å². The van der Waals surface area contributed by atoms with Gasteiger partial charge in [0.15, 0.2) is 0 Å². The predicted molar refractivity (Wildman–Crippen MR) is 82.8 cm³/mol. The van der Waals surface area contributed by atoms with E-state index in [-0.39, 0.29) is 23.7 Å². The molecule has 3 aliphatic heterocycles. The molecule has 1 aromatic rings. The zero-order chi connectivity index (χ0) is 15.4. The number of nitrogens with zero attached hydrogens (tertiary/aromatic N) is 2. The summed E-state index contributed by atoms with van der Waals surface area (Å²) in [5.41, 5.74) is 1.22. The number of rotatable bonds is 1. The Morgan fingerprint density at radius 3 is 2.82 bits per heavy atom. The lowest BCUT2D eigenvalue weighted by Gasteiger charge is -2.55. The number of pyridine rings is 1. The van der Waals surface area contributed by atoms with E-state index < -0.39 is 6.10 Å². The van der Waals surface area contributed by atoms with Crippen LogP contribution in [-0.2, 0) is 6.54 Å². The van der Waals surface area contributed by atoms with Gasteiger partial charge in [-0.2, -0.15) is 0 Å². The number of hydrogen-bond acceptors (Lipinski definition) is 4. The Hall–Kier alpha value is -1.17. The minimum atomic E-state index is -0.436. The molecule has 0 amide bonds. The number of fused-ring (bicyclic) bond motifs is 6. The van der Waals surface area contributed by atoms with Gasteiger partial charge in [0.25, 0.3) is 5.56 Å². The van der Waals surface area contributed by atoms with Gasteiger partial charge in [-0.25, -0.2) is 0 Å². The minimum Gasteiger partial charge on any atom is -0.393 e. The highest BCUT2D eigenvalue weighted by atomic mass is 16.3. The fourth-order valence-corrected chi connectivity index (χ4v) is 4.96. The highest BCUT2D eigenvalue weighted by molar-refractivity contribution is 5.19. The molecule has 5 heteroatoms. The topological polar surface area (TPSA) is 65.7 Å². The van der Waals surface area contributed by atoms with E-state index in [0.29, 0.717) is 18.3 Å². The van der Waals surface area contributed by atoms with Crippen molar-refractivity contribution in [2.45, 2.75) is 62.9 Å². The third-order valence-corrected chi connectivity index (χ3v) is 5.92. The summed E-state index contributed by atoms with van der Waals surface area (Å²) in [6, 6.07) is 5.86. The van der Waals surface area contributed by atoms with Crippen LogP contribution >= 0.6 is 0 Å². The average Bonchev–Trinajstić information content (AvgIpc) is 2.48. The summed E-state index contributed by atoms with van der Waals surface area (Å²) < 4.78 is 1.93. The van der Waals surface area contributed by atoms with E-state index in [1.165, 1.54) is 0 Å². The smallest absolute Gasteiger partial charge is 0.250 e. The summed E-state index contributed by atoms with van der Waals surface area (Å²) >= 11 is 0. The van der Waals surface area contributed by atoms with Gasteiger partial charge >= 0.3 is 0 Å². The molecule has 6 atom stereocenters. The first kappa shape index (κ1) is 14.4. The lowest BCUT2D eigenvalue weighted by molar-refractivity contribution is -0.0898. The lowest BCUT2D eigenvalue weighted by atomic mass is 9.73. The first-order valence-corrected chi connectivity index (χ1v) is 8.36. The van der Waals surface area contributed by atoms with Crippen LogP contribution in [0.5, 0.6) is 0 Å². The normalized spacial score (nSPS) is 39.0. The Morgan fingerprint density at radius 2 is 2.05 bits per heavy atom. The van der Waals surface area contributed by atoms with Crippen molar-refractivity contribution in [2.24, 2.45) is 5.92 Å². The van der Waals surface area contributed by atoms with Crippen LogP contribution in [0.4, 0.5) is 0 Å². The molecule has 3 aliphatic rings. The van der Waals surface area contributed by atoms with Gasteiger partial charge < -0.3 is 14.8 Å². The second-order valence-electron chi connectivity index (χ2n) is 7.29. The maximum atomic E-state index is 12.2. The fraction of sp³-hybridized carbons (Fsp3) is 0.706. The summed E-state index contributed by atoms with van der Waals surface area (Å²) in [4.78, 5) is 14.6. The van der Waals surface area contributed by atoms with E-state index in [0.717, 1.165) is 31.6 Å². The largest absolute Gasteiger partial charge is 0.393 e. The molecular weight excluding hydrogens is 280 g/mol. The number of aromatic nitrogens is 1. The van der Waals surface area contributed by atoms with Crippen LogP contribution in [0.3, 0.4) is 0 Å². The molecule has 0 radical (unpaired) electrons. The predicted octanol–water partition coefficient (Wildman–Crippen LogP) is 0.540. The summed E-state index contributed by atoms with van der Waals surface area (Å²) in [5.74, 6) is 0.753. The molecule has 4 heterocycles. The molecule has 2 N–H and O–H groups in total. The molecule has 120 valence electrons. The van der Waals surface area contributed by atoms with E-state index in [1.54, 1.807) is 6.07 Å². The van der Waals surface area contributed by atoms with Gasteiger partial charge in [-0.3, -0.25) is 9.69 Å². The highest BCUT2D eigenvalue weighted by Crippen LogP contribution is 2.43. The molecule has 22 heavy (non-hydrogen) atoms. The first-order valence-electron chi connectivity index (χ1n) is 8.36. The lowest BCUT2D eigenvalue weighted by Crippen LogP contribution is -2.62. The Kier molecular flexibility index (Phi) is 3.40. The molecule has 0 spiro atoms. The van der Waals surface area contributed by atoms with E-state index >= 15 is 0 Å². The molecule has 2 fully saturated rings. The third kappa shape index (κ3) is 2.14. The maximum absolute atomic E-state index is 12.2. The van der Waals surface area contributed by atoms with Crippen molar-refractivity contribution in [2.75, 3.05) is 6.54 Å². The van der Waals surface area contributed by atoms with Crippen molar-refractivity contribution in [3.63, 3.8) is 0 Å². The summed E-state index contributed by atoms with van der Waals surface area (Å²) in [6.07, 6.45) is 1.72. The van der Waals surface area contributed by atoms with Crippen molar-refractivity contribution in [1.29, 1.82) is 0 Å². The van der Waals surface area contributed by atoms with Gasteiger partial charge in [0, 0.05) is 42.9 Å². The van der Waals surface area contributed by atoms with Crippen molar-refractivity contribution in [3.05, 3.63) is 34.2 Å². The summed E-state index contributed by atoms with van der Waals surface area (Å²) in [7, 11) is 0. The minimum absolute atomic E-state index is 0.0287. The van der Waals surface area contributed by atoms with Crippen molar-refractivity contribution < 1.29 is 10.2 Å². The Morgan fingerprint density at radius 1 is 1.23 bits per heavy atom. The first-order chi connectivity index (χ1) is 10.5. The van der Waals surface area contributed by atoms with Crippen LogP contribution in [0, 0.1) is 5.92 Å². The van der Waals surface area contributed by atoms with Crippen LogP contribution in [-0.4, -0.2) is 50.5 Å². The quantitative estimate of drug-likeness (QED) is 0.795. The SMILES string of the molecule is C[C@H](O)[C@@H]1C[C@H](O)C[C@@H]2[C@@H]3C[C@H](CN21)c1cccc(=O)n1C3. The molecular formula is C17H24N2O3.